The van der Waals surface area contributed by atoms with Gasteiger partial charge in [0.1, 0.15) is 0 Å². The van der Waals surface area contributed by atoms with Crippen LogP contribution in [0.5, 0.6) is 0 Å². The zero-order chi connectivity index (χ0) is 15.9. The van der Waals surface area contributed by atoms with Gasteiger partial charge in [0.2, 0.25) is 0 Å². The summed E-state index contributed by atoms with van der Waals surface area (Å²) in [6, 6.07) is 14.0. The summed E-state index contributed by atoms with van der Waals surface area (Å²) < 4.78 is 0. The fourth-order valence-electron chi connectivity index (χ4n) is 1.95. The fourth-order valence-corrected chi connectivity index (χ4v) is 2.30. The molecule has 0 aliphatic heterocycles. The van der Waals surface area contributed by atoms with Gasteiger partial charge in [-0.15, -0.1) is 0 Å². The lowest BCUT2D eigenvalue weighted by Crippen LogP contribution is -2.12. The van der Waals surface area contributed by atoms with Gasteiger partial charge in [0, 0.05) is 0 Å². The molecule has 0 saturated heterocycles. The minimum absolute atomic E-state index is 0.240. The van der Waals surface area contributed by atoms with Crippen molar-refractivity contribution in [3.63, 3.8) is 0 Å². The first-order valence-corrected chi connectivity index (χ1v) is 7.58. The van der Waals surface area contributed by atoms with Crippen LogP contribution < -0.4 is 5.32 Å². The Kier molecular flexibility index (Phi) is 5.17. The van der Waals surface area contributed by atoms with E-state index in [1.807, 2.05) is 18.5 Å². The largest absolute Gasteiger partial charge is 0.478 e. The van der Waals surface area contributed by atoms with Gasteiger partial charge in [-0.2, -0.15) is 5.26 Å². The van der Waals surface area contributed by atoms with E-state index in [0.717, 1.165) is 5.56 Å². The van der Waals surface area contributed by atoms with Gasteiger partial charge in [-0.25, -0.2) is 9.79 Å². The number of carboxylic acid groups (broad SMARTS) is 1. The number of carboxylic acids is 1. The Hall–Kier alpha value is -2.78. The molecule has 0 aromatic heterocycles. The number of aromatic carboxylic acids is 1. The molecule has 0 bridgehead atoms. The lowest BCUT2D eigenvalue weighted by atomic mass is 9.99. The molecule has 0 amide bonds. The number of thioether (sulfide) groups is 1. The second kappa shape index (κ2) is 7.29. The number of aliphatic imine (C=N–C) groups is 1. The third-order valence-electron chi connectivity index (χ3n) is 2.90. The van der Waals surface area contributed by atoms with Crippen molar-refractivity contribution >= 4 is 28.6 Å². The van der Waals surface area contributed by atoms with Crippen LogP contribution in [0.3, 0.4) is 0 Å². The molecule has 6 heteroatoms. The van der Waals surface area contributed by atoms with Gasteiger partial charge in [0.25, 0.3) is 0 Å². The van der Waals surface area contributed by atoms with Crippen LogP contribution in [0.1, 0.15) is 10.4 Å². The van der Waals surface area contributed by atoms with E-state index >= 15 is 0 Å². The minimum atomic E-state index is -0.972. The maximum Gasteiger partial charge on any atom is 0.336 e. The van der Waals surface area contributed by atoms with E-state index in [1.165, 1.54) is 11.8 Å². The smallest absolute Gasteiger partial charge is 0.336 e. The zero-order valence-electron chi connectivity index (χ0n) is 11.8. The van der Waals surface area contributed by atoms with Gasteiger partial charge in [0.15, 0.2) is 11.4 Å². The molecule has 0 aliphatic carbocycles. The van der Waals surface area contributed by atoms with Crippen LogP contribution in [-0.4, -0.2) is 22.5 Å². The van der Waals surface area contributed by atoms with E-state index in [2.05, 4.69) is 10.3 Å². The molecule has 0 atom stereocenters. The Morgan fingerprint density at radius 1 is 1.27 bits per heavy atom. The van der Waals surface area contributed by atoms with Crippen LogP contribution in [0, 0.1) is 11.5 Å². The highest BCUT2D eigenvalue weighted by atomic mass is 32.2. The van der Waals surface area contributed by atoms with E-state index in [1.54, 1.807) is 42.5 Å². The van der Waals surface area contributed by atoms with Crippen molar-refractivity contribution in [1.82, 2.24) is 5.32 Å². The molecule has 5 nitrogen and oxygen atoms in total. The second-order valence-corrected chi connectivity index (χ2v) is 5.05. The number of carbonyl (C=O) groups is 1. The van der Waals surface area contributed by atoms with Gasteiger partial charge in [-0.05, 0) is 35.6 Å². The first-order chi connectivity index (χ1) is 10.7. The average molecular weight is 311 g/mol. The summed E-state index contributed by atoms with van der Waals surface area (Å²) in [5.41, 5.74) is 2.27. The summed E-state index contributed by atoms with van der Waals surface area (Å²) in [6.45, 7) is 0. The molecule has 0 unspecified atom stereocenters. The predicted molar refractivity (Wildman–Crippen MR) is 88.2 cm³/mol. The molecule has 0 saturated carbocycles. The van der Waals surface area contributed by atoms with Gasteiger partial charge in [-0.3, -0.25) is 5.32 Å². The number of hydrogen-bond donors (Lipinski definition) is 2. The summed E-state index contributed by atoms with van der Waals surface area (Å²) in [5.74, 6) is -0.972. The number of hydrogen-bond acceptors (Lipinski definition) is 4. The van der Waals surface area contributed by atoms with Crippen LogP contribution >= 0.6 is 11.8 Å². The lowest BCUT2D eigenvalue weighted by molar-refractivity contribution is 0.0697. The molecule has 2 aromatic carbocycles. The maximum absolute atomic E-state index is 11.3. The van der Waals surface area contributed by atoms with Crippen LogP contribution in [0.15, 0.2) is 53.5 Å². The van der Waals surface area contributed by atoms with E-state index in [9.17, 15) is 9.90 Å². The average Bonchev–Trinajstić information content (AvgIpc) is 2.54. The Morgan fingerprint density at radius 3 is 2.73 bits per heavy atom. The first kappa shape index (κ1) is 15.6. The van der Waals surface area contributed by atoms with Crippen molar-refractivity contribution in [2.75, 3.05) is 6.26 Å². The fraction of sp³-hybridized carbons (Fsp3) is 0.0625. The van der Waals surface area contributed by atoms with Crippen LogP contribution in [0.2, 0.25) is 0 Å². The van der Waals surface area contributed by atoms with Crippen molar-refractivity contribution < 1.29 is 9.90 Å². The molecule has 22 heavy (non-hydrogen) atoms. The molecule has 0 aliphatic rings. The molecular weight excluding hydrogens is 298 g/mol. The highest BCUT2D eigenvalue weighted by Crippen LogP contribution is 2.27. The van der Waals surface area contributed by atoms with Crippen LogP contribution in [-0.2, 0) is 0 Å². The predicted octanol–water partition coefficient (Wildman–Crippen LogP) is 3.47. The molecule has 2 rings (SSSR count). The summed E-state index contributed by atoms with van der Waals surface area (Å²) in [7, 11) is 0. The summed E-state index contributed by atoms with van der Waals surface area (Å²) in [5, 5.41) is 20.9. The SMILES string of the molecule is CSC(=Nc1cccc(-c2ccccc2C(=O)O)c1)NC#N. The summed E-state index contributed by atoms with van der Waals surface area (Å²) in [4.78, 5) is 15.6. The zero-order valence-corrected chi connectivity index (χ0v) is 12.6. The van der Waals surface area contributed by atoms with Gasteiger partial charge >= 0.3 is 5.97 Å². The van der Waals surface area contributed by atoms with Gasteiger partial charge in [-0.1, -0.05) is 42.1 Å². The number of nitrogens with one attached hydrogen (secondary N) is 1. The van der Waals surface area contributed by atoms with Gasteiger partial charge in [0.05, 0.1) is 11.3 Å². The number of benzene rings is 2. The number of amidine groups is 1. The quantitative estimate of drug-likeness (QED) is 0.392. The van der Waals surface area contributed by atoms with Crippen molar-refractivity contribution in [3.8, 4) is 17.3 Å². The highest BCUT2D eigenvalue weighted by molar-refractivity contribution is 8.13. The first-order valence-electron chi connectivity index (χ1n) is 6.36. The van der Waals surface area contributed by atoms with Crippen LogP contribution in [0.25, 0.3) is 11.1 Å². The number of rotatable bonds is 3. The third-order valence-corrected chi connectivity index (χ3v) is 3.48. The molecule has 110 valence electrons. The number of nitrogens with zero attached hydrogens (tertiary/aromatic N) is 2. The number of nitriles is 1. The normalized spacial score (nSPS) is 10.8. The molecular formula is C16H13N3O2S. The molecule has 2 N–H and O–H groups in total. The molecule has 0 fully saturated rings. The molecule has 0 radical (unpaired) electrons. The Labute approximate surface area is 132 Å². The van der Waals surface area contributed by atoms with Crippen molar-refractivity contribution in [2.24, 2.45) is 4.99 Å². The molecule has 0 heterocycles. The Morgan fingerprint density at radius 2 is 2.05 bits per heavy atom. The van der Waals surface area contributed by atoms with Crippen molar-refractivity contribution in [2.45, 2.75) is 0 Å². The second-order valence-electron chi connectivity index (χ2n) is 4.26. The van der Waals surface area contributed by atoms with E-state index in [4.69, 9.17) is 5.26 Å². The van der Waals surface area contributed by atoms with Crippen LogP contribution in [0.4, 0.5) is 5.69 Å². The van der Waals surface area contributed by atoms with Crippen molar-refractivity contribution in [1.29, 1.82) is 5.26 Å². The van der Waals surface area contributed by atoms with E-state index in [-0.39, 0.29) is 5.56 Å². The molecule has 0 spiro atoms. The maximum atomic E-state index is 11.3. The summed E-state index contributed by atoms with van der Waals surface area (Å²) in [6.07, 6.45) is 3.64. The Balaban J connectivity index is 2.46. The topological polar surface area (TPSA) is 85.5 Å². The molecule has 2 aromatic rings. The van der Waals surface area contributed by atoms with Gasteiger partial charge < -0.3 is 5.11 Å². The summed E-state index contributed by atoms with van der Waals surface area (Å²) >= 11 is 1.32. The highest BCUT2D eigenvalue weighted by Gasteiger charge is 2.11. The monoisotopic (exact) mass is 311 g/mol. The lowest BCUT2D eigenvalue weighted by Gasteiger charge is -2.07. The minimum Gasteiger partial charge on any atom is -0.478 e. The van der Waals surface area contributed by atoms with Crippen molar-refractivity contribution in [3.05, 3.63) is 54.1 Å². The Bertz CT molecular complexity index is 766. The third kappa shape index (κ3) is 3.65. The van der Waals surface area contributed by atoms with E-state index in [0.29, 0.717) is 16.4 Å². The standard InChI is InChI=1S/C16H13N3O2S/c1-22-16(18-10-17)19-12-6-4-5-11(9-12)13-7-2-3-8-14(13)15(20)21/h2-9H,1H3,(H,18,19)(H,20,21). The van der Waals surface area contributed by atoms with E-state index < -0.39 is 5.97 Å².